The van der Waals surface area contributed by atoms with Gasteiger partial charge in [0.1, 0.15) is 5.75 Å². The Kier molecular flexibility index (Phi) is 3.59. The van der Waals surface area contributed by atoms with Crippen LogP contribution >= 0.6 is 0 Å². The summed E-state index contributed by atoms with van der Waals surface area (Å²) in [5.41, 5.74) is 6.29. The maximum absolute atomic E-state index is 12.1. The molecule has 0 saturated heterocycles. The minimum atomic E-state index is -2.84. The maximum atomic E-state index is 12.1. The first-order chi connectivity index (χ1) is 10.1. The van der Waals surface area contributed by atoms with Crippen molar-refractivity contribution in [3.63, 3.8) is 0 Å². The number of hydrogen-bond donors (Lipinski definition) is 1. The van der Waals surface area contributed by atoms with E-state index in [9.17, 15) is 8.78 Å². The molecule has 0 unspecified atom stereocenters. The van der Waals surface area contributed by atoms with Crippen molar-refractivity contribution in [2.24, 2.45) is 5.73 Å². The second-order valence-electron chi connectivity index (χ2n) is 5.16. The molecule has 1 aliphatic rings. The highest BCUT2D eigenvalue weighted by atomic mass is 19.3. The third-order valence-electron chi connectivity index (χ3n) is 3.93. The van der Waals surface area contributed by atoms with E-state index < -0.39 is 6.61 Å². The van der Waals surface area contributed by atoms with E-state index in [0.717, 1.165) is 19.3 Å². The Morgan fingerprint density at radius 2 is 2.00 bits per heavy atom. The van der Waals surface area contributed by atoms with Gasteiger partial charge in [0.15, 0.2) is 5.82 Å². The average Bonchev–Trinajstić information content (AvgIpc) is 2.88. The molecule has 2 N–H and O–H groups in total. The average molecular weight is 295 g/mol. The third kappa shape index (κ3) is 2.61. The van der Waals surface area contributed by atoms with Crippen LogP contribution in [-0.2, 0) is 5.41 Å². The molecule has 7 heteroatoms. The van der Waals surface area contributed by atoms with Crippen LogP contribution in [-0.4, -0.2) is 23.3 Å². The van der Waals surface area contributed by atoms with Crippen molar-refractivity contribution in [1.82, 2.24) is 10.1 Å². The van der Waals surface area contributed by atoms with Gasteiger partial charge >= 0.3 is 6.61 Å². The second kappa shape index (κ2) is 5.40. The first-order valence-electron chi connectivity index (χ1n) is 6.72. The van der Waals surface area contributed by atoms with Crippen LogP contribution in [0, 0.1) is 0 Å². The molecule has 3 rings (SSSR count). The SMILES string of the molecule is NCC1(c2noc(-c3ccc(OC(F)F)cc3)n2)CCC1. The van der Waals surface area contributed by atoms with Crippen LogP contribution in [0.4, 0.5) is 8.78 Å². The van der Waals surface area contributed by atoms with Gasteiger partial charge in [0.2, 0.25) is 0 Å². The number of aromatic nitrogens is 2. The van der Waals surface area contributed by atoms with Crippen LogP contribution in [0.1, 0.15) is 25.1 Å². The van der Waals surface area contributed by atoms with Crippen molar-refractivity contribution >= 4 is 0 Å². The standard InChI is InChI=1S/C14H15F2N3O2/c15-13(16)20-10-4-2-9(3-5-10)11-18-12(19-21-11)14(8-17)6-1-7-14/h2-5,13H,1,6-8,17H2. The van der Waals surface area contributed by atoms with E-state index in [1.54, 1.807) is 12.1 Å². The minimum Gasteiger partial charge on any atom is -0.435 e. The van der Waals surface area contributed by atoms with E-state index in [2.05, 4.69) is 14.9 Å². The van der Waals surface area contributed by atoms with Crippen molar-refractivity contribution in [2.45, 2.75) is 31.3 Å². The molecule has 5 nitrogen and oxygen atoms in total. The molecule has 0 aliphatic heterocycles. The summed E-state index contributed by atoms with van der Waals surface area (Å²) in [6.45, 7) is -2.35. The molecular weight excluding hydrogens is 280 g/mol. The van der Waals surface area contributed by atoms with Crippen LogP contribution in [0.5, 0.6) is 5.75 Å². The molecule has 2 aromatic rings. The summed E-state index contributed by atoms with van der Waals surface area (Å²) in [4.78, 5) is 4.39. The lowest BCUT2D eigenvalue weighted by Gasteiger charge is -2.37. The Bertz CT molecular complexity index is 603. The molecule has 1 aromatic heterocycles. The van der Waals surface area contributed by atoms with Gasteiger partial charge in [-0.2, -0.15) is 13.8 Å². The Hall–Kier alpha value is -2.02. The van der Waals surface area contributed by atoms with Crippen LogP contribution in [0.3, 0.4) is 0 Å². The number of alkyl halides is 2. The first-order valence-corrected chi connectivity index (χ1v) is 6.72. The van der Waals surface area contributed by atoms with Gasteiger partial charge in [-0.15, -0.1) is 0 Å². The summed E-state index contributed by atoms with van der Waals surface area (Å²) in [5.74, 6) is 1.07. The molecule has 1 heterocycles. The first kappa shape index (κ1) is 13.9. The largest absolute Gasteiger partial charge is 0.435 e. The predicted molar refractivity (Wildman–Crippen MR) is 70.9 cm³/mol. The molecule has 1 aromatic carbocycles. The van der Waals surface area contributed by atoms with Gasteiger partial charge in [-0.05, 0) is 37.1 Å². The summed E-state index contributed by atoms with van der Waals surface area (Å²) >= 11 is 0. The van der Waals surface area contributed by atoms with Crippen molar-refractivity contribution < 1.29 is 18.0 Å². The van der Waals surface area contributed by atoms with Gasteiger partial charge in [-0.25, -0.2) is 0 Å². The Balaban J connectivity index is 1.80. The van der Waals surface area contributed by atoms with Crippen LogP contribution < -0.4 is 10.5 Å². The Morgan fingerprint density at radius 1 is 1.29 bits per heavy atom. The van der Waals surface area contributed by atoms with Gasteiger partial charge in [0, 0.05) is 17.5 Å². The summed E-state index contributed by atoms with van der Waals surface area (Å²) < 4.78 is 33.7. The smallest absolute Gasteiger partial charge is 0.387 e. The van der Waals surface area contributed by atoms with Gasteiger partial charge in [0.05, 0.1) is 0 Å². The Morgan fingerprint density at radius 3 is 2.52 bits per heavy atom. The van der Waals surface area contributed by atoms with Crippen LogP contribution in [0.15, 0.2) is 28.8 Å². The molecule has 1 saturated carbocycles. The van der Waals surface area contributed by atoms with Gasteiger partial charge in [0.25, 0.3) is 5.89 Å². The zero-order chi connectivity index (χ0) is 14.9. The highest BCUT2D eigenvalue weighted by molar-refractivity contribution is 5.54. The van der Waals surface area contributed by atoms with Crippen molar-refractivity contribution in [2.75, 3.05) is 6.54 Å². The molecule has 0 amide bonds. The molecular formula is C14H15F2N3O2. The summed E-state index contributed by atoms with van der Waals surface area (Å²) in [7, 11) is 0. The van der Waals surface area contributed by atoms with E-state index >= 15 is 0 Å². The molecule has 0 radical (unpaired) electrons. The fraction of sp³-hybridized carbons (Fsp3) is 0.429. The fourth-order valence-electron chi connectivity index (χ4n) is 2.46. The van der Waals surface area contributed by atoms with Gasteiger partial charge < -0.3 is 15.0 Å². The van der Waals surface area contributed by atoms with Crippen molar-refractivity contribution in [1.29, 1.82) is 0 Å². The van der Waals surface area contributed by atoms with E-state index in [0.29, 0.717) is 23.8 Å². The second-order valence-corrected chi connectivity index (χ2v) is 5.16. The minimum absolute atomic E-state index is 0.0888. The molecule has 21 heavy (non-hydrogen) atoms. The molecule has 1 fully saturated rings. The molecule has 0 atom stereocenters. The van der Waals surface area contributed by atoms with E-state index in [1.165, 1.54) is 12.1 Å². The molecule has 1 aliphatic carbocycles. The number of nitrogens with zero attached hydrogens (tertiary/aromatic N) is 2. The number of nitrogens with two attached hydrogens (primary N) is 1. The zero-order valence-electron chi connectivity index (χ0n) is 11.3. The lowest BCUT2D eigenvalue weighted by atomic mass is 9.68. The zero-order valence-corrected chi connectivity index (χ0v) is 11.3. The highest BCUT2D eigenvalue weighted by Gasteiger charge is 2.41. The quantitative estimate of drug-likeness (QED) is 0.918. The van der Waals surface area contributed by atoms with Crippen molar-refractivity contribution in [3.8, 4) is 17.2 Å². The van der Waals surface area contributed by atoms with Gasteiger partial charge in [-0.1, -0.05) is 11.6 Å². The van der Waals surface area contributed by atoms with Gasteiger partial charge in [-0.3, -0.25) is 0 Å². The number of ether oxygens (including phenoxy) is 1. The monoisotopic (exact) mass is 295 g/mol. The van der Waals surface area contributed by atoms with Crippen molar-refractivity contribution in [3.05, 3.63) is 30.1 Å². The van der Waals surface area contributed by atoms with E-state index in [-0.39, 0.29) is 11.2 Å². The summed E-state index contributed by atoms with van der Waals surface area (Å²) in [6.07, 6.45) is 3.04. The molecule has 0 bridgehead atoms. The van der Waals surface area contributed by atoms with Crippen LogP contribution in [0.25, 0.3) is 11.5 Å². The van der Waals surface area contributed by atoms with E-state index in [4.69, 9.17) is 10.3 Å². The number of halogens is 2. The molecule has 112 valence electrons. The highest BCUT2D eigenvalue weighted by Crippen LogP contribution is 2.41. The lowest BCUT2D eigenvalue weighted by molar-refractivity contribution is -0.0498. The number of hydrogen-bond acceptors (Lipinski definition) is 5. The number of rotatable bonds is 5. The summed E-state index contributed by atoms with van der Waals surface area (Å²) in [6, 6.07) is 6.08. The third-order valence-corrected chi connectivity index (χ3v) is 3.93. The molecule has 0 spiro atoms. The Labute approximate surface area is 120 Å². The topological polar surface area (TPSA) is 74.2 Å². The lowest BCUT2D eigenvalue weighted by Crippen LogP contribution is -2.42. The number of benzene rings is 1. The van der Waals surface area contributed by atoms with Crippen LogP contribution in [0.2, 0.25) is 0 Å². The fourth-order valence-corrected chi connectivity index (χ4v) is 2.46. The summed E-state index contributed by atoms with van der Waals surface area (Å²) in [5, 5.41) is 4.01. The maximum Gasteiger partial charge on any atom is 0.387 e. The normalized spacial score (nSPS) is 16.8. The van der Waals surface area contributed by atoms with E-state index in [1.807, 2.05) is 0 Å². The predicted octanol–water partition coefficient (Wildman–Crippen LogP) is 2.72.